The molecule has 0 N–H and O–H groups in total. The summed E-state index contributed by atoms with van der Waals surface area (Å²) >= 11 is 0. The Morgan fingerprint density at radius 2 is 2.25 bits per heavy atom. The highest BCUT2D eigenvalue weighted by molar-refractivity contribution is 5.87. The van der Waals surface area contributed by atoms with Gasteiger partial charge in [0.1, 0.15) is 12.1 Å². The lowest BCUT2D eigenvalue weighted by Crippen LogP contribution is -2.55. The fourth-order valence-electron chi connectivity index (χ4n) is 1.36. The van der Waals surface area contributed by atoms with Gasteiger partial charge in [0.15, 0.2) is 6.23 Å². The lowest BCUT2D eigenvalue weighted by Gasteiger charge is -2.38. The van der Waals surface area contributed by atoms with E-state index < -0.39 is 11.6 Å². The molecule has 0 aliphatic carbocycles. The summed E-state index contributed by atoms with van der Waals surface area (Å²) in [4.78, 5) is 24.0. The van der Waals surface area contributed by atoms with Crippen LogP contribution >= 0.6 is 0 Å². The van der Waals surface area contributed by atoms with Gasteiger partial charge in [0, 0.05) is 0 Å². The number of hydrogen-bond acceptors (Lipinski definition) is 4. The molecule has 1 fully saturated rings. The zero-order chi connectivity index (χ0) is 12.3. The first-order chi connectivity index (χ1) is 7.33. The third-order valence-corrected chi connectivity index (χ3v) is 1.99. The molecule has 90 valence electrons. The monoisotopic (exact) mass is 227 g/mol. The predicted molar refractivity (Wildman–Crippen MR) is 57.2 cm³/mol. The van der Waals surface area contributed by atoms with Gasteiger partial charge in [0.05, 0.1) is 12.7 Å². The smallest absolute Gasteiger partial charge is 0.326 e. The number of β-lactam (4-membered cyclic amide) rings is 1. The Balaban J connectivity index is 2.44. The van der Waals surface area contributed by atoms with Gasteiger partial charge in [0.25, 0.3) is 0 Å². The van der Waals surface area contributed by atoms with Crippen LogP contribution in [0.3, 0.4) is 0 Å². The zero-order valence-corrected chi connectivity index (χ0v) is 9.86. The molecule has 0 saturated carbocycles. The summed E-state index contributed by atoms with van der Waals surface area (Å²) in [6.07, 6.45) is 1.17. The Kier molecular flexibility index (Phi) is 3.57. The molecular weight excluding hydrogens is 210 g/mol. The Hall–Kier alpha value is -1.52. The van der Waals surface area contributed by atoms with Crippen molar-refractivity contribution in [3.63, 3.8) is 0 Å². The molecule has 0 radical (unpaired) electrons. The zero-order valence-electron chi connectivity index (χ0n) is 9.86. The fraction of sp³-hybridized carbons (Fsp3) is 0.636. The molecule has 1 atom stereocenters. The van der Waals surface area contributed by atoms with Gasteiger partial charge in [-0.25, -0.2) is 0 Å². The van der Waals surface area contributed by atoms with E-state index in [4.69, 9.17) is 9.47 Å². The maximum Gasteiger partial charge on any atom is 0.326 e. The number of likely N-dealkylation sites (tertiary alicyclic amines) is 1. The van der Waals surface area contributed by atoms with Crippen LogP contribution in [-0.4, -0.2) is 35.2 Å². The van der Waals surface area contributed by atoms with Crippen LogP contribution in [0.1, 0.15) is 27.2 Å². The Bertz CT molecular complexity index is 304. The SMILES string of the molecule is C=COC1CC(=O)N1CC(=O)OC(C)(C)C. The molecular formula is C11H17NO4. The number of ether oxygens (including phenoxy) is 2. The molecule has 1 heterocycles. The normalized spacial score (nSPS) is 20.1. The van der Waals surface area contributed by atoms with E-state index in [0.29, 0.717) is 0 Å². The van der Waals surface area contributed by atoms with Crippen molar-refractivity contribution in [3.05, 3.63) is 12.8 Å². The van der Waals surface area contributed by atoms with E-state index >= 15 is 0 Å². The van der Waals surface area contributed by atoms with Crippen molar-refractivity contribution in [2.45, 2.75) is 39.0 Å². The van der Waals surface area contributed by atoms with Crippen molar-refractivity contribution in [2.24, 2.45) is 0 Å². The van der Waals surface area contributed by atoms with Gasteiger partial charge in [-0.3, -0.25) is 14.5 Å². The molecule has 1 aliphatic rings. The predicted octanol–water partition coefficient (Wildman–Crippen LogP) is 1.05. The van der Waals surface area contributed by atoms with E-state index in [1.54, 1.807) is 20.8 Å². The van der Waals surface area contributed by atoms with Crippen molar-refractivity contribution in [1.82, 2.24) is 4.90 Å². The van der Waals surface area contributed by atoms with Crippen LogP contribution in [0.25, 0.3) is 0 Å². The van der Waals surface area contributed by atoms with E-state index in [1.807, 2.05) is 0 Å². The maximum absolute atomic E-state index is 11.5. The largest absolute Gasteiger partial charge is 0.478 e. The number of nitrogens with zero attached hydrogens (tertiary/aromatic N) is 1. The number of rotatable bonds is 4. The Morgan fingerprint density at radius 3 is 2.69 bits per heavy atom. The molecule has 0 aromatic rings. The number of esters is 1. The summed E-state index contributed by atoms with van der Waals surface area (Å²) < 4.78 is 10.2. The van der Waals surface area contributed by atoms with Gasteiger partial charge in [-0.15, -0.1) is 0 Å². The van der Waals surface area contributed by atoms with Gasteiger partial charge in [0.2, 0.25) is 5.91 Å². The minimum Gasteiger partial charge on any atom is -0.478 e. The van der Waals surface area contributed by atoms with Gasteiger partial charge in [-0.1, -0.05) is 6.58 Å². The van der Waals surface area contributed by atoms with Crippen molar-refractivity contribution < 1.29 is 19.1 Å². The van der Waals surface area contributed by atoms with Crippen LogP contribution in [-0.2, 0) is 19.1 Å². The van der Waals surface area contributed by atoms with Crippen LogP contribution < -0.4 is 0 Å². The Labute approximate surface area is 95.0 Å². The lowest BCUT2D eigenvalue weighted by atomic mass is 10.1. The highest BCUT2D eigenvalue weighted by Crippen LogP contribution is 2.20. The van der Waals surface area contributed by atoms with Crippen LogP contribution in [0.15, 0.2) is 12.8 Å². The molecule has 1 saturated heterocycles. The molecule has 16 heavy (non-hydrogen) atoms. The van der Waals surface area contributed by atoms with E-state index in [9.17, 15) is 9.59 Å². The highest BCUT2D eigenvalue weighted by Gasteiger charge is 2.39. The molecule has 0 aromatic heterocycles. The fourth-order valence-corrected chi connectivity index (χ4v) is 1.36. The van der Waals surface area contributed by atoms with Gasteiger partial charge in [-0.2, -0.15) is 0 Å². The van der Waals surface area contributed by atoms with Crippen LogP contribution in [0, 0.1) is 0 Å². The van der Waals surface area contributed by atoms with Gasteiger partial charge >= 0.3 is 5.97 Å². The number of carbonyl (C=O) groups is 2. The minimum atomic E-state index is -0.542. The lowest BCUT2D eigenvalue weighted by molar-refractivity contribution is -0.177. The van der Waals surface area contributed by atoms with E-state index in [0.717, 1.165) is 0 Å². The minimum absolute atomic E-state index is 0.0748. The van der Waals surface area contributed by atoms with Crippen molar-refractivity contribution in [2.75, 3.05) is 6.54 Å². The highest BCUT2D eigenvalue weighted by atomic mass is 16.6. The first kappa shape index (κ1) is 12.5. The van der Waals surface area contributed by atoms with Crippen molar-refractivity contribution >= 4 is 11.9 Å². The van der Waals surface area contributed by atoms with Crippen LogP contribution in [0.4, 0.5) is 0 Å². The summed E-state index contributed by atoms with van der Waals surface area (Å²) in [5.74, 6) is -0.545. The molecule has 0 spiro atoms. The third kappa shape index (κ3) is 3.25. The second-order valence-corrected chi connectivity index (χ2v) is 4.57. The average molecular weight is 227 g/mol. The maximum atomic E-state index is 11.5. The summed E-state index contributed by atoms with van der Waals surface area (Å²) in [6, 6.07) is 0. The molecule has 1 rings (SSSR count). The number of hydrogen-bond donors (Lipinski definition) is 0. The van der Waals surface area contributed by atoms with Crippen molar-refractivity contribution in [3.8, 4) is 0 Å². The van der Waals surface area contributed by atoms with Crippen LogP contribution in [0.2, 0.25) is 0 Å². The summed E-state index contributed by atoms with van der Waals surface area (Å²) in [6.45, 7) is 8.66. The summed E-state index contributed by atoms with van der Waals surface area (Å²) in [5.41, 5.74) is -0.542. The average Bonchev–Trinajstić information content (AvgIpc) is 2.11. The van der Waals surface area contributed by atoms with Gasteiger partial charge < -0.3 is 9.47 Å². The van der Waals surface area contributed by atoms with E-state index in [1.165, 1.54) is 11.2 Å². The standard InChI is InChI=1S/C11H17NO4/c1-5-15-9-6-8(13)12(9)7-10(14)16-11(2,3)4/h5,9H,1,6-7H2,2-4H3. The summed E-state index contributed by atoms with van der Waals surface area (Å²) in [5, 5.41) is 0. The second kappa shape index (κ2) is 4.55. The van der Waals surface area contributed by atoms with E-state index in [-0.39, 0.29) is 25.1 Å². The number of amides is 1. The molecule has 5 heteroatoms. The molecule has 0 bridgehead atoms. The van der Waals surface area contributed by atoms with Gasteiger partial charge in [-0.05, 0) is 20.8 Å². The molecule has 0 aromatic carbocycles. The Morgan fingerprint density at radius 1 is 1.62 bits per heavy atom. The summed E-state index contributed by atoms with van der Waals surface area (Å²) in [7, 11) is 0. The molecule has 1 aliphatic heterocycles. The van der Waals surface area contributed by atoms with E-state index in [2.05, 4.69) is 6.58 Å². The number of carbonyl (C=O) groups excluding carboxylic acids is 2. The topological polar surface area (TPSA) is 55.8 Å². The second-order valence-electron chi connectivity index (χ2n) is 4.57. The molecule has 5 nitrogen and oxygen atoms in total. The first-order valence-electron chi connectivity index (χ1n) is 5.11. The first-order valence-corrected chi connectivity index (χ1v) is 5.11. The van der Waals surface area contributed by atoms with Crippen LogP contribution in [0.5, 0.6) is 0 Å². The third-order valence-electron chi connectivity index (χ3n) is 1.99. The quantitative estimate of drug-likeness (QED) is 0.409. The molecule has 1 amide bonds. The molecule has 1 unspecified atom stereocenters. The van der Waals surface area contributed by atoms with Crippen molar-refractivity contribution in [1.29, 1.82) is 0 Å².